The fourth-order valence-corrected chi connectivity index (χ4v) is 1.34. The molecule has 0 heterocycles. The SMILES string of the molecule is CCOC(=O)C(F)(F)C=C(C)c1ccccc1. The molecule has 0 aromatic heterocycles. The van der Waals surface area contributed by atoms with Crippen LogP contribution in [-0.4, -0.2) is 18.5 Å². The maximum Gasteiger partial charge on any atom is 0.381 e. The van der Waals surface area contributed by atoms with Crippen molar-refractivity contribution in [3.63, 3.8) is 0 Å². The number of carbonyl (C=O) groups excluding carboxylic acids is 1. The molecule has 0 aliphatic carbocycles. The normalized spacial score (nSPS) is 12.4. The van der Waals surface area contributed by atoms with E-state index >= 15 is 0 Å². The summed E-state index contributed by atoms with van der Waals surface area (Å²) < 4.78 is 31.1. The summed E-state index contributed by atoms with van der Waals surface area (Å²) in [6, 6.07) is 8.69. The van der Waals surface area contributed by atoms with Crippen molar-refractivity contribution >= 4 is 11.5 Å². The fourth-order valence-electron chi connectivity index (χ4n) is 1.34. The number of benzene rings is 1. The molecule has 0 N–H and O–H groups in total. The molecule has 1 aromatic carbocycles. The minimum atomic E-state index is -3.59. The van der Waals surface area contributed by atoms with E-state index in [0.29, 0.717) is 17.2 Å². The Kier molecular flexibility index (Phi) is 4.37. The third-order valence-corrected chi connectivity index (χ3v) is 2.17. The van der Waals surface area contributed by atoms with Gasteiger partial charge in [0.2, 0.25) is 0 Å². The second-order valence-corrected chi connectivity index (χ2v) is 3.54. The van der Waals surface area contributed by atoms with Crippen LogP contribution in [0.25, 0.3) is 5.57 Å². The molecular formula is C13H14F2O2. The zero-order valence-electron chi connectivity index (χ0n) is 9.74. The Morgan fingerprint density at radius 3 is 2.47 bits per heavy atom. The smallest absolute Gasteiger partial charge is 0.381 e. The Morgan fingerprint density at radius 2 is 1.94 bits per heavy atom. The van der Waals surface area contributed by atoms with Crippen molar-refractivity contribution < 1.29 is 18.3 Å². The molecule has 0 amide bonds. The summed E-state index contributed by atoms with van der Waals surface area (Å²) in [5.41, 5.74) is 0.986. The van der Waals surface area contributed by atoms with E-state index in [-0.39, 0.29) is 6.61 Å². The molecular weight excluding hydrogens is 226 g/mol. The van der Waals surface area contributed by atoms with Crippen LogP contribution in [0.15, 0.2) is 36.4 Å². The molecule has 0 unspecified atom stereocenters. The molecule has 2 nitrogen and oxygen atoms in total. The van der Waals surface area contributed by atoms with Crippen molar-refractivity contribution in [2.24, 2.45) is 0 Å². The first-order chi connectivity index (χ1) is 7.97. The van der Waals surface area contributed by atoms with Gasteiger partial charge in [-0.05, 0) is 31.1 Å². The molecule has 92 valence electrons. The van der Waals surface area contributed by atoms with Gasteiger partial charge >= 0.3 is 11.9 Å². The molecule has 0 saturated carbocycles. The second kappa shape index (κ2) is 5.57. The molecule has 0 fully saturated rings. The Bertz CT molecular complexity index is 411. The standard InChI is InChI=1S/C13H14F2O2/c1-3-17-12(16)13(14,15)9-10(2)11-7-5-4-6-8-11/h4-9H,3H2,1-2H3. The van der Waals surface area contributed by atoms with E-state index in [4.69, 9.17) is 0 Å². The number of ether oxygens (including phenoxy) is 1. The molecule has 0 saturated heterocycles. The Balaban J connectivity index is 2.91. The van der Waals surface area contributed by atoms with Crippen molar-refractivity contribution in [2.45, 2.75) is 19.8 Å². The largest absolute Gasteiger partial charge is 0.461 e. The van der Waals surface area contributed by atoms with Gasteiger partial charge in [-0.15, -0.1) is 0 Å². The van der Waals surface area contributed by atoms with E-state index in [1.165, 1.54) is 13.8 Å². The second-order valence-electron chi connectivity index (χ2n) is 3.54. The number of hydrogen-bond acceptors (Lipinski definition) is 2. The quantitative estimate of drug-likeness (QED) is 0.755. The van der Waals surface area contributed by atoms with Crippen LogP contribution in [0.5, 0.6) is 0 Å². The maximum atomic E-state index is 13.4. The van der Waals surface area contributed by atoms with Crippen LogP contribution in [0.2, 0.25) is 0 Å². The van der Waals surface area contributed by atoms with Crippen LogP contribution in [-0.2, 0) is 9.53 Å². The summed E-state index contributed by atoms with van der Waals surface area (Å²) in [7, 11) is 0. The van der Waals surface area contributed by atoms with E-state index in [9.17, 15) is 13.6 Å². The van der Waals surface area contributed by atoms with E-state index < -0.39 is 11.9 Å². The van der Waals surface area contributed by atoms with Gasteiger partial charge in [0.15, 0.2) is 0 Å². The highest BCUT2D eigenvalue weighted by molar-refractivity contribution is 5.83. The maximum absolute atomic E-state index is 13.4. The first-order valence-electron chi connectivity index (χ1n) is 5.27. The number of carbonyl (C=O) groups is 1. The van der Waals surface area contributed by atoms with Crippen LogP contribution >= 0.6 is 0 Å². The lowest BCUT2D eigenvalue weighted by molar-refractivity contribution is -0.164. The van der Waals surface area contributed by atoms with Crippen LogP contribution in [0.4, 0.5) is 8.78 Å². The monoisotopic (exact) mass is 240 g/mol. The average Bonchev–Trinajstić information content (AvgIpc) is 2.30. The van der Waals surface area contributed by atoms with Gasteiger partial charge in [0.1, 0.15) is 0 Å². The van der Waals surface area contributed by atoms with Gasteiger partial charge in [0.05, 0.1) is 6.61 Å². The van der Waals surface area contributed by atoms with Crippen LogP contribution in [0, 0.1) is 0 Å². The van der Waals surface area contributed by atoms with Gasteiger partial charge < -0.3 is 4.74 Å². The molecule has 0 bridgehead atoms. The number of alkyl halides is 2. The van der Waals surface area contributed by atoms with Crippen molar-refractivity contribution in [2.75, 3.05) is 6.61 Å². The van der Waals surface area contributed by atoms with Gasteiger partial charge in [0.25, 0.3) is 0 Å². The zero-order chi connectivity index (χ0) is 12.9. The van der Waals surface area contributed by atoms with Crippen molar-refractivity contribution in [3.05, 3.63) is 42.0 Å². The highest BCUT2D eigenvalue weighted by atomic mass is 19.3. The number of allylic oxidation sites excluding steroid dienone is 1. The number of halogens is 2. The lowest BCUT2D eigenvalue weighted by Crippen LogP contribution is -2.28. The Morgan fingerprint density at radius 1 is 1.35 bits per heavy atom. The third kappa shape index (κ3) is 3.66. The molecule has 0 spiro atoms. The van der Waals surface area contributed by atoms with Crippen molar-refractivity contribution in [1.29, 1.82) is 0 Å². The predicted molar refractivity (Wildman–Crippen MR) is 61.7 cm³/mol. The average molecular weight is 240 g/mol. The Labute approximate surface area is 98.9 Å². The number of rotatable bonds is 4. The Hall–Kier alpha value is -1.71. The lowest BCUT2D eigenvalue weighted by atomic mass is 10.1. The summed E-state index contributed by atoms with van der Waals surface area (Å²) in [6.45, 7) is 2.96. The molecule has 4 heteroatoms. The summed E-state index contributed by atoms with van der Waals surface area (Å²) in [4.78, 5) is 11.0. The molecule has 0 aliphatic rings. The van der Waals surface area contributed by atoms with Crippen LogP contribution < -0.4 is 0 Å². The zero-order valence-corrected chi connectivity index (χ0v) is 9.74. The highest BCUT2D eigenvalue weighted by Gasteiger charge is 2.38. The molecule has 17 heavy (non-hydrogen) atoms. The van der Waals surface area contributed by atoms with Gasteiger partial charge in [0, 0.05) is 0 Å². The number of esters is 1. The molecule has 1 aromatic rings. The van der Waals surface area contributed by atoms with E-state index in [2.05, 4.69) is 4.74 Å². The van der Waals surface area contributed by atoms with E-state index in [1.807, 2.05) is 0 Å². The highest BCUT2D eigenvalue weighted by Crippen LogP contribution is 2.23. The van der Waals surface area contributed by atoms with Gasteiger partial charge in [-0.3, -0.25) is 0 Å². The minimum absolute atomic E-state index is 0.0628. The van der Waals surface area contributed by atoms with Crippen LogP contribution in [0.3, 0.4) is 0 Å². The third-order valence-electron chi connectivity index (χ3n) is 2.17. The first kappa shape index (κ1) is 13.4. The summed E-state index contributed by atoms with van der Waals surface area (Å²) in [6.07, 6.45) is 0.625. The molecule has 0 atom stereocenters. The minimum Gasteiger partial charge on any atom is -0.461 e. The van der Waals surface area contributed by atoms with E-state index in [0.717, 1.165) is 0 Å². The fraction of sp³-hybridized carbons (Fsp3) is 0.308. The van der Waals surface area contributed by atoms with Gasteiger partial charge in [-0.25, -0.2) is 4.79 Å². The van der Waals surface area contributed by atoms with Crippen LogP contribution in [0.1, 0.15) is 19.4 Å². The molecule has 0 aliphatic heterocycles. The van der Waals surface area contributed by atoms with Gasteiger partial charge in [-0.1, -0.05) is 30.3 Å². The number of hydrogen-bond donors (Lipinski definition) is 0. The summed E-state index contributed by atoms with van der Waals surface area (Å²) in [5, 5.41) is 0. The molecule has 0 radical (unpaired) electrons. The van der Waals surface area contributed by atoms with Gasteiger partial charge in [-0.2, -0.15) is 8.78 Å². The van der Waals surface area contributed by atoms with Crippen molar-refractivity contribution in [1.82, 2.24) is 0 Å². The summed E-state index contributed by atoms with van der Waals surface area (Å²) in [5.74, 6) is -5.11. The first-order valence-corrected chi connectivity index (χ1v) is 5.27. The molecule has 1 rings (SSSR count). The predicted octanol–water partition coefficient (Wildman–Crippen LogP) is 3.29. The lowest BCUT2D eigenvalue weighted by Gasteiger charge is -2.12. The van der Waals surface area contributed by atoms with Crippen molar-refractivity contribution in [3.8, 4) is 0 Å². The topological polar surface area (TPSA) is 26.3 Å². The van der Waals surface area contributed by atoms with E-state index in [1.54, 1.807) is 30.3 Å². The summed E-state index contributed by atoms with van der Waals surface area (Å²) >= 11 is 0.